The second-order valence-corrected chi connectivity index (χ2v) is 8.09. The molecule has 1 aromatic heterocycles. The summed E-state index contributed by atoms with van der Waals surface area (Å²) in [5.74, 6) is 0.0278. The lowest BCUT2D eigenvalue weighted by atomic mass is 10.1. The van der Waals surface area contributed by atoms with Crippen LogP contribution in [-0.2, 0) is 35.7 Å². The summed E-state index contributed by atoms with van der Waals surface area (Å²) in [6.07, 6.45) is 5.11. The third-order valence-electron chi connectivity index (χ3n) is 3.61. The maximum Gasteiger partial charge on any atom is 0.191 e. The van der Waals surface area contributed by atoms with E-state index in [1.807, 2.05) is 30.1 Å². The van der Waals surface area contributed by atoms with Crippen LogP contribution in [0.5, 0.6) is 0 Å². The van der Waals surface area contributed by atoms with Gasteiger partial charge in [-0.15, -0.1) is 0 Å². The second kappa shape index (κ2) is 8.15. The Morgan fingerprint density at radius 3 is 2.52 bits per heavy atom. The zero-order valence-corrected chi connectivity index (χ0v) is 15.4. The van der Waals surface area contributed by atoms with Crippen LogP contribution in [0.2, 0.25) is 0 Å². The summed E-state index contributed by atoms with van der Waals surface area (Å²) in [6.45, 7) is 0.872. The number of hydrogen-bond donors (Lipinski definition) is 2. The van der Waals surface area contributed by atoms with E-state index in [4.69, 9.17) is 0 Å². The normalized spacial score (nSPS) is 12.2. The second-order valence-electron chi connectivity index (χ2n) is 5.95. The standard InChI is InChI=1S/C17H23FN4O2S/c1-19-17(20-9-13-6-7-22(2)11-13)21-10-15-8-16(18)5-4-14(15)12-25(3,23)24/h4-8,11H,9-10,12H2,1-3H3,(H2,19,20,21). The Labute approximate surface area is 147 Å². The van der Waals surface area contributed by atoms with Crippen molar-refractivity contribution in [3.05, 3.63) is 59.2 Å². The Kier molecular flexibility index (Phi) is 6.19. The molecule has 0 saturated carbocycles. The number of aromatic nitrogens is 1. The number of sulfone groups is 1. The lowest BCUT2D eigenvalue weighted by Gasteiger charge is -2.14. The summed E-state index contributed by atoms with van der Waals surface area (Å²) >= 11 is 0. The Bertz CT molecular complexity index is 859. The molecule has 0 saturated heterocycles. The van der Waals surface area contributed by atoms with Gasteiger partial charge in [0.25, 0.3) is 0 Å². The highest BCUT2D eigenvalue weighted by molar-refractivity contribution is 7.89. The fraction of sp³-hybridized carbons (Fsp3) is 0.353. The molecule has 0 bridgehead atoms. The first-order valence-corrected chi connectivity index (χ1v) is 9.83. The maximum atomic E-state index is 13.5. The SMILES string of the molecule is CN=C(NCc1ccn(C)c1)NCc1cc(F)ccc1CS(C)(=O)=O. The Balaban J connectivity index is 2.02. The molecular weight excluding hydrogens is 343 g/mol. The largest absolute Gasteiger partial charge is 0.357 e. The smallest absolute Gasteiger partial charge is 0.191 e. The fourth-order valence-electron chi connectivity index (χ4n) is 2.43. The highest BCUT2D eigenvalue weighted by atomic mass is 32.2. The highest BCUT2D eigenvalue weighted by Crippen LogP contribution is 2.14. The van der Waals surface area contributed by atoms with Gasteiger partial charge in [-0.05, 0) is 34.9 Å². The monoisotopic (exact) mass is 366 g/mol. The van der Waals surface area contributed by atoms with Crippen molar-refractivity contribution in [2.45, 2.75) is 18.8 Å². The fourth-order valence-corrected chi connectivity index (χ4v) is 3.28. The van der Waals surface area contributed by atoms with E-state index in [2.05, 4.69) is 15.6 Å². The molecular formula is C17H23FN4O2S. The number of halogens is 1. The van der Waals surface area contributed by atoms with Crippen molar-refractivity contribution in [3.8, 4) is 0 Å². The van der Waals surface area contributed by atoms with Gasteiger partial charge in [0.05, 0.1) is 5.75 Å². The zero-order valence-electron chi connectivity index (χ0n) is 14.6. The van der Waals surface area contributed by atoms with E-state index >= 15 is 0 Å². The first kappa shape index (κ1) is 19.0. The van der Waals surface area contributed by atoms with Crippen LogP contribution in [0.3, 0.4) is 0 Å². The number of benzene rings is 1. The van der Waals surface area contributed by atoms with E-state index in [-0.39, 0.29) is 12.3 Å². The quantitative estimate of drug-likeness (QED) is 0.601. The third kappa shape index (κ3) is 6.22. The van der Waals surface area contributed by atoms with Crippen LogP contribution in [-0.4, -0.2) is 32.2 Å². The molecule has 2 aromatic rings. The molecule has 2 N–H and O–H groups in total. The predicted molar refractivity (Wildman–Crippen MR) is 97.4 cm³/mol. The van der Waals surface area contributed by atoms with Crippen LogP contribution in [0.15, 0.2) is 41.7 Å². The minimum absolute atomic E-state index is 0.125. The minimum Gasteiger partial charge on any atom is -0.357 e. The summed E-state index contributed by atoms with van der Waals surface area (Å²) in [5.41, 5.74) is 2.27. The molecule has 136 valence electrons. The van der Waals surface area contributed by atoms with Crippen molar-refractivity contribution >= 4 is 15.8 Å². The zero-order chi connectivity index (χ0) is 18.4. The van der Waals surface area contributed by atoms with E-state index in [9.17, 15) is 12.8 Å². The number of nitrogens with zero attached hydrogens (tertiary/aromatic N) is 2. The predicted octanol–water partition coefficient (Wildman–Crippen LogP) is 1.57. The van der Waals surface area contributed by atoms with Gasteiger partial charge in [-0.2, -0.15) is 0 Å². The van der Waals surface area contributed by atoms with E-state index in [1.54, 1.807) is 7.05 Å². The maximum absolute atomic E-state index is 13.5. The number of hydrogen-bond acceptors (Lipinski definition) is 3. The summed E-state index contributed by atoms with van der Waals surface area (Å²) < 4.78 is 38.6. The molecule has 0 spiro atoms. The lowest BCUT2D eigenvalue weighted by molar-refractivity contribution is 0.599. The molecule has 2 rings (SSSR count). The molecule has 0 amide bonds. The third-order valence-corrected chi connectivity index (χ3v) is 4.44. The van der Waals surface area contributed by atoms with Gasteiger partial charge < -0.3 is 15.2 Å². The van der Waals surface area contributed by atoms with Crippen molar-refractivity contribution in [2.24, 2.45) is 12.0 Å². The van der Waals surface area contributed by atoms with Crippen LogP contribution in [0.1, 0.15) is 16.7 Å². The Morgan fingerprint density at radius 2 is 1.92 bits per heavy atom. The molecule has 0 aliphatic heterocycles. The van der Waals surface area contributed by atoms with E-state index in [0.717, 1.165) is 11.8 Å². The number of nitrogens with one attached hydrogen (secondary N) is 2. The van der Waals surface area contributed by atoms with Crippen molar-refractivity contribution < 1.29 is 12.8 Å². The molecule has 1 heterocycles. The number of rotatable bonds is 6. The van der Waals surface area contributed by atoms with Crippen LogP contribution in [0.25, 0.3) is 0 Å². The van der Waals surface area contributed by atoms with Gasteiger partial charge in [0.1, 0.15) is 5.82 Å². The van der Waals surface area contributed by atoms with E-state index < -0.39 is 15.7 Å². The average Bonchev–Trinajstić information content (AvgIpc) is 2.94. The average molecular weight is 366 g/mol. The topological polar surface area (TPSA) is 75.5 Å². The van der Waals surface area contributed by atoms with Gasteiger partial charge in [0.2, 0.25) is 0 Å². The Hall–Kier alpha value is -2.35. The first-order chi connectivity index (χ1) is 11.8. The first-order valence-electron chi connectivity index (χ1n) is 7.77. The number of aryl methyl sites for hydroxylation is 1. The van der Waals surface area contributed by atoms with Crippen molar-refractivity contribution in [1.29, 1.82) is 0 Å². The van der Waals surface area contributed by atoms with E-state index in [0.29, 0.717) is 23.6 Å². The molecule has 1 aromatic carbocycles. The van der Waals surface area contributed by atoms with Crippen molar-refractivity contribution in [3.63, 3.8) is 0 Å². The van der Waals surface area contributed by atoms with Gasteiger partial charge in [0.15, 0.2) is 15.8 Å². The number of guanidine groups is 1. The molecule has 0 aliphatic rings. The molecule has 0 unspecified atom stereocenters. The van der Waals surface area contributed by atoms with E-state index in [1.165, 1.54) is 18.2 Å². The molecule has 25 heavy (non-hydrogen) atoms. The van der Waals surface area contributed by atoms with Crippen LogP contribution >= 0.6 is 0 Å². The minimum atomic E-state index is -3.20. The number of aliphatic imine (C=N–C) groups is 1. The summed E-state index contributed by atoms with van der Waals surface area (Å²) in [4.78, 5) is 4.13. The molecule has 0 aliphatic carbocycles. The molecule has 6 nitrogen and oxygen atoms in total. The molecule has 0 radical (unpaired) electrons. The van der Waals surface area contributed by atoms with Crippen molar-refractivity contribution in [2.75, 3.05) is 13.3 Å². The summed E-state index contributed by atoms with van der Waals surface area (Å²) in [5, 5.41) is 6.25. The molecule has 0 atom stereocenters. The molecule has 0 fully saturated rings. The van der Waals surface area contributed by atoms with Gasteiger partial charge in [-0.3, -0.25) is 4.99 Å². The van der Waals surface area contributed by atoms with Gasteiger partial charge in [-0.1, -0.05) is 6.07 Å². The highest BCUT2D eigenvalue weighted by Gasteiger charge is 2.11. The lowest BCUT2D eigenvalue weighted by Crippen LogP contribution is -2.36. The summed E-state index contributed by atoms with van der Waals surface area (Å²) in [6, 6.07) is 6.12. The van der Waals surface area contributed by atoms with Crippen LogP contribution in [0.4, 0.5) is 4.39 Å². The van der Waals surface area contributed by atoms with Crippen LogP contribution < -0.4 is 10.6 Å². The summed E-state index contributed by atoms with van der Waals surface area (Å²) in [7, 11) is 0.391. The Morgan fingerprint density at radius 1 is 1.20 bits per heavy atom. The van der Waals surface area contributed by atoms with Crippen molar-refractivity contribution in [1.82, 2.24) is 15.2 Å². The van der Waals surface area contributed by atoms with Gasteiger partial charge in [0, 0.05) is 45.8 Å². The van der Waals surface area contributed by atoms with Crippen LogP contribution in [0, 0.1) is 5.82 Å². The van der Waals surface area contributed by atoms with Gasteiger partial charge in [-0.25, -0.2) is 12.8 Å². The van der Waals surface area contributed by atoms with Gasteiger partial charge >= 0.3 is 0 Å². The molecule has 8 heteroatoms.